The van der Waals surface area contributed by atoms with Crippen molar-refractivity contribution in [2.24, 2.45) is 5.73 Å². The van der Waals surface area contributed by atoms with E-state index in [-0.39, 0.29) is 6.04 Å². The smallest absolute Gasteiger partial charge is 0.124 e. The molecule has 1 rings (SSSR count). The van der Waals surface area contributed by atoms with Gasteiger partial charge in [0.05, 0.1) is 7.11 Å². The van der Waals surface area contributed by atoms with E-state index in [1.165, 1.54) is 11.1 Å². The number of rotatable bonds is 5. The quantitative estimate of drug-likeness (QED) is 0.857. The second-order valence-electron chi connectivity index (χ2n) is 4.09. The minimum Gasteiger partial charge on any atom is -0.496 e. The molecular weight excluding hydrogens is 218 g/mol. The minimum absolute atomic E-state index is 0.0722. The fourth-order valence-electron chi connectivity index (χ4n) is 1.97. The highest BCUT2D eigenvalue weighted by atomic mass is 32.2. The van der Waals surface area contributed by atoms with Crippen molar-refractivity contribution >= 4 is 11.8 Å². The predicted molar refractivity (Wildman–Crippen MR) is 72.4 cm³/mol. The lowest BCUT2D eigenvalue weighted by molar-refractivity contribution is 0.404. The lowest BCUT2D eigenvalue weighted by Crippen LogP contribution is -2.14. The zero-order chi connectivity index (χ0) is 12.1. The van der Waals surface area contributed by atoms with Crippen LogP contribution in [0.1, 0.15) is 29.2 Å². The average molecular weight is 239 g/mol. The van der Waals surface area contributed by atoms with E-state index in [1.807, 2.05) is 11.8 Å². The van der Waals surface area contributed by atoms with Crippen LogP contribution in [0.15, 0.2) is 12.1 Å². The first-order valence-corrected chi connectivity index (χ1v) is 6.89. The lowest BCUT2D eigenvalue weighted by Gasteiger charge is -2.18. The Morgan fingerprint density at radius 2 is 2.06 bits per heavy atom. The number of methoxy groups -OCH3 is 1. The summed E-state index contributed by atoms with van der Waals surface area (Å²) in [5.41, 5.74) is 9.81. The molecule has 1 aromatic carbocycles. The van der Waals surface area contributed by atoms with E-state index in [0.717, 1.165) is 23.5 Å². The summed E-state index contributed by atoms with van der Waals surface area (Å²) in [6.07, 6.45) is 3.09. The molecule has 0 radical (unpaired) electrons. The molecule has 0 fully saturated rings. The van der Waals surface area contributed by atoms with Crippen LogP contribution in [0.25, 0.3) is 0 Å². The van der Waals surface area contributed by atoms with E-state index in [1.54, 1.807) is 7.11 Å². The molecule has 2 nitrogen and oxygen atoms in total. The normalized spacial score (nSPS) is 12.6. The zero-order valence-corrected chi connectivity index (χ0v) is 11.4. The van der Waals surface area contributed by atoms with Crippen molar-refractivity contribution in [2.45, 2.75) is 26.3 Å². The van der Waals surface area contributed by atoms with Crippen LogP contribution in [0.2, 0.25) is 0 Å². The SMILES string of the molecule is COc1cc(C)cc(C)c1C(N)CCSC. The molecule has 0 aliphatic carbocycles. The molecule has 0 amide bonds. The summed E-state index contributed by atoms with van der Waals surface area (Å²) in [5.74, 6) is 2.00. The maximum absolute atomic E-state index is 6.22. The fourth-order valence-corrected chi connectivity index (χ4v) is 2.46. The van der Waals surface area contributed by atoms with Gasteiger partial charge in [-0.2, -0.15) is 11.8 Å². The largest absolute Gasteiger partial charge is 0.496 e. The van der Waals surface area contributed by atoms with Crippen LogP contribution in [-0.2, 0) is 0 Å². The summed E-state index contributed by atoms with van der Waals surface area (Å²) in [6.45, 7) is 4.18. The molecule has 3 heteroatoms. The van der Waals surface area contributed by atoms with Crippen LogP contribution in [0, 0.1) is 13.8 Å². The van der Waals surface area contributed by atoms with Crippen molar-refractivity contribution in [1.82, 2.24) is 0 Å². The summed E-state index contributed by atoms with van der Waals surface area (Å²) in [4.78, 5) is 0. The second kappa shape index (κ2) is 6.16. The van der Waals surface area contributed by atoms with E-state index in [2.05, 4.69) is 32.2 Å². The molecule has 0 aliphatic heterocycles. The summed E-state index contributed by atoms with van der Waals surface area (Å²) in [6, 6.07) is 4.29. The summed E-state index contributed by atoms with van der Waals surface area (Å²) in [5, 5.41) is 0. The van der Waals surface area contributed by atoms with Crippen molar-refractivity contribution in [3.05, 3.63) is 28.8 Å². The first kappa shape index (κ1) is 13.4. The third kappa shape index (κ3) is 3.16. The van der Waals surface area contributed by atoms with Crippen LogP contribution in [0.4, 0.5) is 0 Å². The predicted octanol–water partition coefficient (Wildman–Crippen LogP) is 3.06. The number of hydrogen-bond acceptors (Lipinski definition) is 3. The summed E-state index contributed by atoms with van der Waals surface area (Å²) in [7, 11) is 1.71. The molecule has 0 saturated heterocycles. The monoisotopic (exact) mass is 239 g/mol. The molecule has 90 valence electrons. The molecule has 0 saturated carbocycles. The number of ether oxygens (including phenoxy) is 1. The minimum atomic E-state index is 0.0722. The maximum Gasteiger partial charge on any atom is 0.124 e. The van der Waals surface area contributed by atoms with E-state index in [0.29, 0.717) is 0 Å². The van der Waals surface area contributed by atoms with Gasteiger partial charge in [0.15, 0.2) is 0 Å². The highest BCUT2D eigenvalue weighted by Gasteiger charge is 2.14. The van der Waals surface area contributed by atoms with E-state index < -0.39 is 0 Å². The molecule has 1 atom stereocenters. The molecule has 0 bridgehead atoms. The zero-order valence-electron chi connectivity index (χ0n) is 10.5. The van der Waals surface area contributed by atoms with Gasteiger partial charge >= 0.3 is 0 Å². The van der Waals surface area contributed by atoms with Crippen LogP contribution in [-0.4, -0.2) is 19.1 Å². The molecule has 2 N–H and O–H groups in total. The number of aryl methyl sites for hydroxylation is 2. The maximum atomic E-state index is 6.22. The summed E-state index contributed by atoms with van der Waals surface area (Å²) < 4.78 is 5.42. The molecule has 0 spiro atoms. The van der Waals surface area contributed by atoms with Gasteiger partial charge in [-0.3, -0.25) is 0 Å². The third-order valence-electron chi connectivity index (χ3n) is 2.72. The lowest BCUT2D eigenvalue weighted by atomic mass is 9.97. The van der Waals surface area contributed by atoms with Crippen molar-refractivity contribution in [2.75, 3.05) is 19.1 Å². The molecule has 0 aromatic heterocycles. The molecule has 16 heavy (non-hydrogen) atoms. The van der Waals surface area contributed by atoms with Crippen LogP contribution >= 0.6 is 11.8 Å². The summed E-state index contributed by atoms with van der Waals surface area (Å²) >= 11 is 1.83. The average Bonchev–Trinajstić information content (AvgIpc) is 2.24. The van der Waals surface area contributed by atoms with Gasteiger partial charge in [0.2, 0.25) is 0 Å². The number of hydrogen-bond donors (Lipinski definition) is 1. The van der Waals surface area contributed by atoms with Crippen molar-refractivity contribution in [3.63, 3.8) is 0 Å². The number of benzene rings is 1. The van der Waals surface area contributed by atoms with Gasteiger partial charge in [-0.1, -0.05) is 6.07 Å². The van der Waals surface area contributed by atoms with Crippen molar-refractivity contribution < 1.29 is 4.74 Å². The first-order valence-electron chi connectivity index (χ1n) is 5.49. The molecular formula is C13H21NOS. The number of thioether (sulfide) groups is 1. The van der Waals surface area contributed by atoms with Crippen molar-refractivity contribution in [1.29, 1.82) is 0 Å². The first-order chi connectivity index (χ1) is 7.60. The molecule has 1 aromatic rings. The molecule has 0 heterocycles. The van der Waals surface area contributed by atoms with Gasteiger partial charge in [-0.15, -0.1) is 0 Å². The highest BCUT2D eigenvalue weighted by molar-refractivity contribution is 7.98. The van der Waals surface area contributed by atoms with Gasteiger partial charge < -0.3 is 10.5 Å². The van der Waals surface area contributed by atoms with Crippen molar-refractivity contribution in [3.8, 4) is 5.75 Å². The topological polar surface area (TPSA) is 35.2 Å². The van der Waals surface area contributed by atoms with E-state index >= 15 is 0 Å². The standard InChI is InChI=1S/C13H21NOS/c1-9-7-10(2)13(12(8-9)15-3)11(14)5-6-16-4/h7-8,11H,5-6,14H2,1-4H3. The van der Waals surface area contributed by atoms with E-state index in [9.17, 15) is 0 Å². The van der Waals surface area contributed by atoms with Crippen LogP contribution < -0.4 is 10.5 Å². The highest BCUT2D eigenvalue weighted by Crippen LogP contribution is 2.30. The second-order valence-corrected chi connectivity index (χ2v) is 5.07. The van der Waals surface area contributed by atoms with E-state index in [4.69, 9.17) is 10.5 Å². The van der Waals surface area contributed by atoms with Crippen LogP contribution in [0.5, 0.6) is 5.75 Å². The Morgan fingerprint density at radius 3 is 2.62 bits per heavy atom. The molecule has 0 aliphatic rings. The molecule has 1 unspecified atom stereocenters. The van der Waals surface area contributed by atoms with Gasteiger partial charge in [0.1, 0.15) is 5.75 Å². The third-order valence-corrected chi connectivity index (χ3v) is 3.36. The Kier molecular flexibility index (Phi) is 5.16. The van der Waals surface area contributed by atoms with Crippen LogP contribution in [0.3, 0.4) is 0 Å². The van der Waals surface area contributed by atoms with Gasteiger partial charge in [-0.25, -0.2) is 0 Å². The van der Waals surface area contributed by atoms with Gasteiger partial charge in [0.25, 0.3) is 0 Å². The number of nitrogens with two attached hydrogens (primary N) is 1. The van der Waals surface area contributed by atoms with Gasteiger partial charge in [0, 0.05) is 11.6 Å². The Hall–Kier alpha value is -0.670. The fraction of sp³-hybridized carbons (Fsp3) is 0.538. The Labute approximate surface area is 103 Å². The Bertz CT molecular complexity index is 352. The Balaban J connectivity index is 3.01. The van der Waals surface area contributed by atoms with Gasteiger partial charge in [-0.05, 0) is 49.5 Å². The Morgan fingerprint density at radius 1 is 1.38 bits per heavy atom.